The fourth-order valence-electron chi connectivity index (χ4n) is 3.66. The standard InChI is InChI=1S/C21H33N3O3/c1-4-27-20-8-6-5-7-18(20)19(23-16(2)25)15-21(26)24-13-10-17(11-14-24)9-12-22-3/h5-8,17,19,22H,4,9-15H2,1-3H3,(H,23,25). The van der Waals surface area contributed by atoms with Crippen molar-refractivity contribution in [2.45, 2.75) is 45.6 Å². The lowest BCUT2D eigenvalue weighted by molar-refractivity contribution is -0.133. The smallest absolute Gasteiger partial charge is 0.224 e. The molecule has 1 aromatic rings. The molecule has 0 bridgehead atoms. The van der Waals surface area contributed by atoms with Crippen LogP contribution in [0, 0.1) is 5.92 Å². The molecule has 1 fully saturated rings. The summed E-state index contributed by atoms with van der Waals surface area (Å²) in [5, 5.41) is 6.12. The SMILES string of the molecule is CCOc1ccccc1C(CC(=O)N1CCC(CCNC)CC1)NC(C)=O. The number of nitrogens with one attached hydrogen (secondary N) is 2. The van der Waals surface area contributed by atoms with Gasteiger partial charge in [-0.05, 0) is 51.8 Å². The molecule has 0 spiro atoms. The highest BCUT2D eigenvalue weighted by Gasteiger charge is 2.26. The number of hydrogen-bond acceptors (Lipinski definition) is 4. The highest BCUT2D eigenvalue weighted by Crippen LogP contribution is 2.29. The lowest BCUT2D eigenvalue weighted by Gasteiger charge is -2.33. The molecule has 2 amide bonds. The lowest BCUT2D eigenvalue weighted by atomic mass is 9.93. The molecule has 27 heavy (non-hydrogen) atoms. The van der Waals surface area contributed by atoms with E-state index in [1.807, 2.05) is 43.1 Å². The molecule has 1 saturated heterocycles. The number of hydrogen-bond donors (Lipinski definition) is 2. The van der Waals surface area contributed by atoms with E-state index < -0.39 is 0 Å². The Hall–Kier alpha value is -2.08. The van der Waals surface area contributed by atoms with Gasteiger partial charge in [-0.3, -0.25) is 9.59 Å². The number of para-hydroxylation sites is 1. The van der Waals surface area contributed by atoms with Crippen LogP contribution < -0.4 is 15.4 Å². The van der Waals surface area contributed by atoms with Gasteiger partial charge >= 0.3 is 0 Å². The van der Waals surface area contributed by atoms with Gasteiger partial charge in [0.15, 0.2) is 0 Å². The quantitative estimate of drug-likeness (QED) is 0.696. The van der Waals surface area contributed by atoms with Gasteiger partial charge < -0.3 is 20.3 Å². The van der Waals surface area contributed by atoms with Gasteiger partial charge in [-0.25, -0.2) is 0 Å². The first-order valence-electron chi connectivity index (χ1n) is 9.96. The second-order valence-electron chi connectivity index (χ2n) is 7.14. The summed E-state index contributed by atoms with van der Waals surface area (Å²) < 4.78 is 5.70. The molecule has 1 aliphatic rings. The van der Waals surface area contributed by atoms with E-state index >= 15 is 0 Å². The first kappa shape index (κ1) is 21.2. The zero-order valence-electron chi connectivity index (χ0n) is 16.8. The minimum absolute atomic E-state index is 0.0899. The molecular formula is C21H33N3O3. The van der Waals surface area contributed by atoms with E-state index in [-0.39, 0.29) is 24.3 Å². The third kappa shape index (κ3) is 6.54. The molecule has 1 aromatic carbocycles. The van der Waals surface area contributed by atoms with E-state index in [9.17, 15) is 9.59 Å². The molecule has 0 radical (unpaired) electrons. The van der Waals surface area contributed by atoms with Crippen LogP contribution in [-0.4, -0.2) is 50.0 Å². The van der Waals surface area contributed by atoms with Gasteiger partial charge in [-0.2, -0.15) is 0 Å². The zero-order valence-corrected chi connectivity index (χ0v) is 16.8. The maximum atomic E-state index is 12.9. The molecule has 150 valence electrons. The Morgan fingerprint density at radius 1 is 1.26 bits per heavy atom. The number of ether oxygens (including phenoxy) is 1. The summed E-state index contributed by atoms with van der Waals surface area (Å²) in [7, 11) is 1.97. The fraction of sp³-hybridized carbons (Fsp3) is 0.619. The van der Waals surface area contributed by atoms with E-state index in [0.717, 1.165) is 50.2 Å². The molecule has 0 aliphatic carbocycles. The average Bonchev–Trinajstić information content (AvgIpc) is 2.66. The summed E-state index contributed by atoms with van der Waals surface area (Å²) in [5.74, 6) is 1.35. The van der Waals surface area contributed by atoms with E-state index in [0.29, 0.717) is 12.5 Å². The maximum Gasteiger partial charge on any atom is 0.224 e. The summed E-state index contributed by atoms with van der Waals surface area (Å²) >= 11 is 0. The number of piperidine rings is 1. The highest BCUT2D eigenvalue weighted by molar-refractivity contribution is 5.79. The van der Waals surface area contributed by atoms with Crippen LogP contribution in [0.15, 0.2) is 24.3 Å². The van der Waals surface area contributed by atoms with Crippen molar-refractivity contribution in [2.75, 3.05) is 33.3 Å². The Kier molecular flexibility index (Phi) is 8.58. The summed E-state index contributed by atoms with van der Waals surface area (Å²) in [6, 6.07) is 7.23. The minimum atomic E-state index is -0.375. The van der Waals surface area contributed by atoms with Gasteiger partial charge in [-0.1, -0.05) is 18.2 Å². The van der Waals surface area contributed by atoms with Crippen molar-refractivity contribution >= 4 is 11.8 Å². The maximum absolute atomic E-state index is 12.9. The summed E-state index contributed by atoms with van der Waals surface area (Å²) in [6.07, 6.45) is 3.52. The van der Waals surface area contributed by atoms with Crippen LogP contribution >= 0.6 is 0 Å². The Labute approximate surface area is 162 Å². The molecule has 2 N–H and O–H groups in total. The molecule has 1 heterocycles. The van der Waals surface area contributed by atoms with Gasteiger partial charge in [0, 0.05) is 25.6 Å². The molecule has 2 rings (SSSR count). The molecule has 1 atom stereocenters. The first-order chi connectivity index (χ1) is 13.0. The Balaban J connectivity index is 2.02. The van der Waals surface area contributed by atoms with Crippen molar-refractivity contribution in [1.29, 1.82) is 0 Å². The molecule has 1 unspecified atom stereocenters. The number of rotatable bonds is 9. The molecule has 6 nitrogen and oxygen atoms in total. The van der Waals surface area contributed by atoms with Crippen LogP contribution in [0.1, 0.15) is 51.1 Å². The van der Waals surface area contributed by atoms with Crippen molar-refractivity contribution in [3.63, 3.8) is 0 Å². The van der Waals surface area contributed by atoms with E-state index in [1.54, 1.807) is 0 Å². The second-order valence-corrected chi connectivity index (χ2v) is 7.14. The van der Waals surface area contributed by atoms with Crippen molar-refractivity contribution < 1.29 is 14.3 Å². The van der Waals surface area contributed by atoms with Crippen molar-refractivity contribution in [3.05, 3.63) is 29.8 Å². The van der Waals surface area contributed by atoms with Crippen LogP contribution in [-0.2, 0) is 9.59 Å². The lowest BCUT2D eigenvalue weighted by Crippen LogP contribution is -2.41. The number of carbonyl (C=O) groups is 2. The average molecular weight is 376 g/mol. The Morgan fingerprint density at radius 3 is 2.59 bits per heavy atom. The van der Waals surface area contributed by atoms with Crippen LogP contribution in [0.5, 0.6) is 5.75 Å². The third-order valence-corrected chi connectivity index (χ3v) is 5.12. The predicted molar refractivity (Wildman–Crippen MR) is 107 cm³/mol. The van der Waals surface area contributed by atoms with Gasteiger partial charge in [0.05, 0.1) is 19.1 Å². The van der Waals surface area contributed by atoms with Crippen molar-refractivity contribution in [3.8, 4) is 5.75 Å². The first-order valence-corrected chi connectivity index (χ1v) is 9.96. The Bertz CT molecular complexity index is 612. The van der Waals surface area contributed by atoms with Crippen LogP contribution in [0.2, 0.25) is 0 Å². The van der Waals surface area contributed by atoms with E-state index in [4.69, 9.17) is 4.74 Å². The zero-order chi connectivity index (χ0) is 19.6. The fourth-order valence-corrected chi connectivity index (χ4v) is 3.66. The largest absolute Gasteiger partial charge is 0.494 e. The molecule has 0 aromatic heterocycles. The molecule has 6 heteroatoms. The number of likely N-dealkylation sites (tertiary alicyclic amines) is 1. The highest BCUT2D eigenvalue weighted by atomic mass is 16.5. The van der Waals surface area contributed by atoms with Gasteiger partial charge in [0.2, 0.25) is 11.8 Å². The predicted octanol–water partition coefficient (Wildman–Crippen LogP) is 2.50. The van der Waals surface area contributed by atoms with Crippen LogP contribution in [0.4, 0.5) is 0 Å². The third-order valence-electron chi connectivity index (χ3n) is 5.12. The summed E-state index contributed by atoms with van der Waals surface area (Å²) in [5.41, 5.74) is 0.854. The van der Waals surface area contributed by atoms with Crippen molar-refractivity contribution in [1.82, 2.24) is 15.5 Å². The monoisotopic (exact) mass is 375 g/mol. The number of nitrogens with zero attached hydrogens (tertiary/aromatic N) is 1. The number of amides is 2. The minimum Gasteiger partial charge on any atom is -0.494 e. The van der Waals surface area contributed by atoms with Crippen molar-refractivity contribution in [2.24, 2.45) is 5.92 Å². The normalized spacial score (nSPS) is 16.0. The molecular weight excluding hydrogens is 342 g/mol. The number of carbonyl (C=O) groups excluding carboxylic acids is 2. The van der Waals surface area contributed by atoms with Crippen LogP contribution in [0.25, 0.3) is 0 Å². The summed E-state index contributed by atoms with van der Waals surface area (Å²) in [6.45, 7) is 6.57. The van der Waals surface area contributed by atoms with E-state index in [2.05, 4.69) is 10.6 Å². The van der Waals surface area contributed by atoms with Gasteiger partial charge in [0.25, 0.3) is 0 Å². The second kappa shape index (κ2) is 10.9. The molecule has 0 saturated carbocycles. The number of benzene rings is 1. The van der Waals surface area contributed by atoms with Crippen LogP contribution in [0.3, 0.4) is 0 Å². The summed E-state index contributed by atoms with van der Waals surface area (Å²) in [4.78, 5) is 26.5. The topological polar surface area (TPSA) is 70.7 Å². The van der Waals surface area contributed by atoms with Gasteiger partial charge in [0.1, 0.15) is 5.75 Å². The van der Waals surface area contributed by atoms with E-state index in [1.165, 1.54) is 6.92 Å². The Morgan fingerprint density at radius 2 is 1.96 bits per heavy atom. The van der Waals surface area contributed by atoms with Gasteiger partial charge in [-0.15, -0.1) is 0 Å². The molecule has 1 aliphatic heterocycles.